The van der Waals surface area contributed by atoms with Gasteiger partial charge in [0.25, 0.3) is 5.69 Å². The predicted molar refractivity (Wildman–Crippen MR) is 111 cm³/mol. The summed E-state index contributed by atoms with van der Waals surface area (Å²) in [4.78, 5) is 14.7. The first kappa shape index (κ1) is 21.2. The first-order chi connectivity index (χ1) is 13.2. The SMILES string of the molecule is CCc1cccc(NC(N)=NCCNc2ccc(S(C)(=O)=O)cc2[N+](=O)[O-])c1. The van der Waals surface area contributed by atoms with E-state index in [4.69, 9.17) is 5.73 Å². The summed E-state index contributed by atoms with van der Waals surface area (Å²) in [5, 5.41) is 17.1. The van der Waals surface area contributed by atoms with Crippen LogP contribution in [0.15, 0.2) is 52.4 Å². The maximum absolute atomic E-state index is 11.6. The third-order valence-electron chi connectivity index (χ3n) is 3.91. The van der Waals surface area contributed by atoms with Crippen molar-refractivity contribution in [3.05, 3.63) is 58.1 Å². The molecule has 0 heterocycles. The maximum Gasteiger partial charge on any atom is 0.293 e. The monoisotopic (exact) mass is 405 g/mol. The second-order valence-corrected chi connectivity index (χ2v) is 8.10. The second kappa shape index (κ2) is 9.18. The van der Waals surface area contributed by atoms with E-state index in [1.54, 1.807) is 0 Å². The van der Waals surface area contributed by atoms with Gasteiger partial charge in [0.1, 0.15) is 5.69 Å². The summed E-state index contributed by atoms with van der Waals surface area (Å²) in [6.07, 6.45) is 1.91. The predicted octanol–water partition coefficient (Wildman–Crippen LogP) is 2.40. The smallest absolute Gasteiger partial charge is 0.293 e. The highest BCUT2D eigenvalue weighted by molar-refractivity contribution is 7.90. The van der Waals surface area contributed by atoms with Crippen molar-refractivity contribution in [3.63, 3.8) is 0 Å². The molecule has 0 amide bonds. The molecule has 0 spiro atoms. The van der Waals surface area contributed by atoms with E-state index in [9.17, 15) is 18.5 Å². The zero-order valence-corrected chi connectivity index (χ0v) is 16.5. The molecule has 28 heavy (non-hydrogen) atoms. The number of aliphatic imine (C=N–C) groups is 1. The van der Waals surface area contributed by atoms with E-state index in [0.717, 1.165) is 24.4 Å². The van der Waals surface area contributed by atoms with Crippen LogP contribution in [0.5, 0.6) is 0 Å². The number of anilines is 2. The lowest BCUT2D eigenvalue weighted by Crippen LogP contribution is -2.23. The van der Waals surface area contributed by atoms with Gasteiger partial charge < -0.3 is 16.4 Å². The Kier molecular flexibility index (Phi) is 6.94. The molecule has 0 saturated heterocycles. The van der Waals surface area contributed by atoms with Gasteiger partial charge >= 0.3 is 0 Å². The van der Waals surface area contributed by atoms with Crippen LogP contribution in [0.4, 0.5) is 17.1 Å². The number of nitrogens with two attached hydrogens (primary N) is 1. The molecule has 2 rings (SSSR count). The quantitative estimate of drug-likeness (QED) is 0.201. The highest BCUT2D eigenvalue weighted by Gasteiger charge is 2.18. The molecule has 0 saturated carbocycles. The third-order valence-corrected chi connectivity index (χ3v) is 5.02. The molecule has 0 aliphatic carbocycles. The van der Waals surface area contributed by atoms with Gasteiger partial charge in [0.05, 0.1) is 16.4 Å². The molecule has 0 unspecified atom stereocenters. The van der Waals surface area contributed by atoms with Crippen molar-refractivity contribution < 1.29 is 13.3 Å². The molecular formula is C18H23N5O4S. The van der Waals surface area contributed by atoms with Crippen LogP contribution in [-0.2, 0) is 16.3 Å². The first-order valence-corrected chi connectivity index (χ1v) is 10.5. The van der Waals surface area contributed by atoms with Crippen LogP contribution in [0.3, 0.4) is 0 Å². The lowest BCUT2D eigenvalue weighted by atomic mass is 10.1. The number of rotatable bonds is 8. The average molecular weight is 405 g/mol. The Bertz CT molecular complexity index is 989. The maximum atomic E-state index is 11.6. The van der Waals surface area contributed by atoms with Crippen molar-refractivity contribution >= 4 is 32.9 Å². The van der Waals surface area contributed by atoms with Gasteiger partial charge in [0, 0.05) is 24.6 Å². The number of nitro benzene ring substituents is 1. The molecule has 2 aromatic carbocycles. The number of aryl methyl sites for hydroxylation is 1. The minimum Gasteiger partial charge on any atom is -0.378 e. The molecule has 0 bridgehead atoms. The van der Waals surface area contributed by atoms with Gasteiger partial charge in [0.2, 0.25) is 0 Å². The molecule has 0 aromatic heterocycles. The zero-order chi connectivity index (χ0) is 20.7. The normalized spacial score (nSPS) is 11.9. The summed E-state index contributed by atoms with van der Waals surface area (Å²) < 4.78 is 23.1. The van der Waals surface area contributed by atoms with Crippen molar-refractivity contribution in [3.8, 4) is 0 Å². The zero-order valence-electron chi connectivity index (χ0n) is 15.7. The van der Waals surface area contributed by atoms with Crippen LogP contribution in [0, 0.1) is 10.1 Å². The van der Waals surface area contributed by atoms with Gasteiger partial charge in [-0.3, -0.25) is 15.1 Å². The summed E-state index contributed by atoms with van der Waals surface area (Å²) in [5.74, 6) is 0.233. The van der Waals surface area contributed by atoms with Gasteiger partial charge in [-0.15, -0.1) is 0 Å². The number of hydrogen-bond acceptors (Lipinski definition) is 6. The first-order valence-electron chi connectivity index (χ1n) is 8.59. The Morgan fingerprint density at radius 1 is 1.25 bits per heavy atom. The Hall–Kier alpha value is -3.14. The largest absolute Gasteiger partial charge is 0.378 e. The fourth-order valence-electron chi connectivity index (χ4n) is 2.47. The van der Waals surface area contributed by atoms with Gasteiger partial charge in [-0.2, -0.15) is 0 Å². The lowest BCUT2D eigenvalue weighted by molar-refractivity contribution is -0.384. The molecule has 4 N–H and O–H groups in total. The summed E-state index contributed by atoms with van der Waals surface area (Å²) in [6, 6.07) is 11.5. The molecule has 0 aliphatic rings. The van der Waals surface area contributed by atoms with Crippen molar-refractivity contribution in [2.75, 3.05) is 30.0 Å². The number of hydrogen-bond donors (Lipinski definition) is 3. The van der Waals surface area contributed by atoms with Gasteiger partial charge in [0.15, 0.2) is 15.8 Å². The molecule has 10 heteroatoms. The minimum atomic E-state index is -3.53. The molecule has 150 valence electrons. The lowest BCUT2D eigenvalue weighted by Gasteiger charge is -2.09. The highest BCUT2D eigenvalue weighted by Crippen LogP contribution is 2.27. The molecule has 2 aromatic rings. The van der Waals surface area contributed by atoms with Gasteiger partial charge in [-0.05, 0) is 36.2 Å². The van der Waals surface area contributed by atoms with Crippen LogP contribution in [0.2, 0.25) is 0 Å². The Balaban J connectivity index is 1.98. The topological polar surface area (TPSA) is 140 Å². The van der Waals surface area contributed by atoms with E-state index in [2.05, 4.69) is 22.5 Å². The standard InChI is InChI=1S/C18H23N5O4S/c1-3-13-5-4-6-14(11-13)22-18(19)21-10-9-20-16-8-7-15(28(2,26)27)12-17(16)23(24)25/h4-8,11-12,20H,3,9-10H2,1-2H3,(H3,19,21,22). The third kappa shape index (κ3) is 5.95. The summed E-state index contributed by atoms with van der Waals surface area (Å²) in [7, 11) is -3.53. The van der Waals surface area contributed by atoms with Crippen LogP contribution >= 0.6 is 0 Å². The van der Waals surface area contributed by atoms with Gasteiger partial charge in [-0.25, -0.2) is 8.42 Å². The Labute approximate surface area is 163 Å². The Morgan fingerprint density at radius 3 is 2.64 bits per heavy atom. The number of sulfone groups is 1. The van der Waals surface area contributed by atoms with Crippen LogP contribution < -0.4 is 16.4 Å². The number of nitrogens with one attached hydrogen (secondary N) is 2. The number of nitro groups is 1. The second-order valence-electron chi connectivity index (χ2n) is 6.08. The van der Waals surface area contributed by atoms with Crippen LogP contribution in [0.1, 0.15) is 12.5 Å². The van der Waals surface area contributed by atoms with E-state index < -0.39 is 14.8 Å². The van der Waals surface area contributed by atoms with E-state index in [-0.39, 0.29) is 35.3 Å². The van der Waals surface area contributed by atoms with Crippen molar-refractivity contribution in [1.29, 1.82) is 0 Å². The molecule has 9 nitrogen and oxygen atoms in total. The molecule has 0 fully saturated rings. The average Bonchev–Trinajstić information content (AvgIpc) is 2.64. The van der Waals surface area contributed by atoms with Crippen LogP contribution in [0.25, 0.3) is 0 Å². The van der Waals surface area contributed by atoms with E-state index in [0.29, 0.717) is 0 Å². The Morgan fingerprint density at radius 2 is 2.00 bits per heavy atom. The fourth-order valence-corrected chi connectivity index (χ4v) is 3.11. The van der Waals surface area contributed by atoms with E-state index >= 15 is 0 Å². The van der Waals surface area contributed by atoms with E-state index in [1.807, 2.05) is 24.3 Å². The molecule has 0 radical (unpaired) electrons. The number of guanidine groups is 1. The van der Waals surface area contributed by atoms with E-state index in [1.165, 1.54) is 17.7 Å². The van der Waals surface area contributed by atoms with Crippen molar-refractivity contribution in [2.24, 2.45) is 10.7 Å². The number of benzene rings is 2. The molecule has 0 atom stereocenters. The van der Waals surface area contributed by atoms with Crippen LogP contribution in [-0.4, -0.2) is 38.6 Å². The van der Waals surface area contributed by atoms with Crippen molar-refractivity contribution in [2.45, 2.75) is 18.2 Å². The van der Waals surface area contributed by atoms with Gasteiger partial charge in [-0.1, -0.05) is 19.1 Å². The number of nitrogens with zero attached hydrogens (tertiary/aromatic N) is 2. The van der Waals surface area contributed by atoms with Crippen molar-refractivity contribution in [1.82, 2.24) is 0 Å². The highest BCUT2D eigenvalue weighted by atomic mass is 32.2. The summed E-state index contributed by atoms with van der Waals surface area (Å²) >= 11 is 0. The fraction of sp³-hybridized carbons (Fsp3) is 0.278. The molecule has 0 aliphatic heterocycles. The minimum absolute atomic E-state index is 0.106. The summed E-state index contributed by atoms with van der Waals surface area (Å²) in [6.45, 7) is 2.62. The molecular weight excluding hydrogens is 382 g/mol. The summed E-state index contributed by atoms with van der Waals surface area (Å²) in [5.41, 5.74) is 7.77.